The van der Waals surface area contributed by atoms with Crippen LogP contribution in [0.2, 0.25) is 10.0 Å². The second-order valence-corrected chi connectivity index (χ2v) is 9.19. The van der Waals surface area contributed by atoms with Crippen molar-refractivity contribution >= 4 is 23.2 Å². The predicted molar refractivity (Wildman–Crippen MR) is 116 cm³/mol. The van der Waals surface area contributed by atoms with Crippen LogP contribution < -0.4 is 5.32 Å². The van der Waals surface area contributed by atoms with Crippen molar-refractivity contribution < 1.29 is 0 Å². The molecule has 0 bridgehead atoms. The smallest absolute Gasteiger partial charge is 0.0903 e. The Morgan fingerprint density at radius 3 is 2.19 bits per heavy atom. The molecule has 144 valence electrons. The second-order valence-electron chi connectivity index (χ2n) is 8.32. The van der Waals surface area contributed by atoms with E-state index in [2.05, 4.69) is 38.2 Å². The van der Waals surface area contributed by atoms with Gasteiger partial charge in [0.2, 0.25) is 0 Å². The van der Waals surface area contributed by atoms with Crippen molar-refractivity contribution in [2.24, 2.45) is 5.41 Å². The maximum Gasteiger partial charge on any atom is 0.0903 e. The minimum Gasteiger partial charge on any atom is -0.319 e. The van der Waals surface area contributed by atoms with Crippen LogP contribution in [0.25, 0.3) is 0 Å². The summed E-state index contributed by atoms with van der Waals surface area (Å²) in [6.45, 7) is 7.32. The van der Waals surface area contributed by atoms with E-state index in [0.29, 0.717) is 16.6 Å². The van der Waals surface area contributed by atoms with Gasteiger partial charge >= 0.3 is 0 Å². The fraction of sp³-hybridized carbons (Fsp3) is 0.435. The molecule has 1 unspecified atom stereocenters. The third-order valence-corrected chi connectivity index (χ3v) is 5.57. The molecule has 2 atom stereocenters. The summed E-state index contributed by atoms with van der Waals surface area (Å²) >= 11 is 12.4. The summed E-state index contributed by atoms with van der Waals surface area (Å²) < 4.78 is 0. The third kappa shape index (κ3) is 5.48. The minimum absolute atomic E-state index is 0.0327. The maximum absolute atomic E-state index is 10.5. The molecule has 4 heteroatoms. The topological polar surface area (TPSA) is 35.8 Å². The summed E-state index contributed by atoms with van der Waals surface area (Å²) in [5.74, 6) is -0.0327. The molecule has 0 aromatic heterocycles. The van der Waals surface area contributed by atoms with Gasteiger partial charge in [0.15, 0.2) is 0 Å². The fourth-order valence-electron chi connectivity index (χ4n) is 3.54. The lowest BCUT2D eigenvalue weighted by Crippen LogP contribution is -2.38. The monoisotopic (exact) mass is 402 g/mol. The SMILES string of the molecule is CNCC(c1cccc(Cl)c1)[C@](C#N)(CCC(C)(C)C)c1ccc(Cl)cc1. The van der Waals surface area contributed by atoms with E-state index in [-0.39, 0.29) is 11.3 Å². The molecule has 27 heavy (non-hydrogen) atoms. The number of rotatable bonds is 7. The largest absolute Gasteiger partial charge is 0.319 e. The van der Waals surface area contributed by atoms with Gasteiger partial charge in [-0.25, -0.2) is 0 Å². The Bertz CT molecular complexity index is 787. The molecule has 1 N–H and O–H groups in total. The molecular weight excluding hydrogens is 375 g/mol. The lowest BCUT2D eigenvalue weighted by atomic mass is 9.64. The number of likely N-dealkylation sites (N-methyl/N-ethyl adjacent to an activating group) is 1. The van der Waals surface area contributed by atoms with Crippen LogP contribution in [0.4, 0.5) is 0 Å². The molecule has 0 fully saturated rings. The van der Waals surface area contributed by atoms with E-state index in [1.165, 1.54) is 0 Å². The van der Waals surface area contributed by atoms with E-state index >= 15 is 0 Å². The van der Waals surface area contributed by atoms with Crippen molar-refractivity contribution in [2.45, 2.75) is 44.9 Å². The van der Waals surface area contributed by atoms with E-state index in [0.717, 1.165) is 24.0 Å². The van der Waals surface area contributed by atoms with Crippen molar-refractivity contribution in [2.75, 3.05) is 13.6 Å². The highest BCUT2D eigenvalue weighted by Gasteiger charge is 2.42. The summed E-state index contributed by atoms with van der Waals surface area (Å²) in [7, 11) is 1.92. The molecule has 0 saturated carbocycles. The van der Waals surface area contributed by atoms with E-state index in [1.54, 1.807) is 0 Å². The average Bonchev–Trinajstić information content (AvgIpc) is 2.62. The molecule has 0 spiro atoms. The first kappa shape index (κ1) is 21.8. The van der Waals surface area contributed by atoms with Crippen molar-refractivity contribution in [3.63, 3.8) is 0 Å². The van der Waals surface area contributed by atoms with E-state index in [4.69, 9.17) is 23.2 Å². The van der Waals surface area contributed by atoms with Crippen LogP contribution in [0, 0.1) is 16.7 Å². The Kier molecular flexibility index (Phi) is 7.34. The van der Waals surface area contributed by atoms with Gasteiger partial charge in [0.1, 0.15) is 0 Å². The second kappa shape index (κ2) is 9.11. The fourth-order valence-corrected chi connectivity index (χ4v) is 3.87. The zero-order valence-electron chi connectivity index (χ0n) is 16.5. The van der Waals surface area contributed by atoms with E-state index in [1.807, 2.05) is 49.5 Å². The number of nitrogens with zero attached hydrogens (tertiary/aromatic N) is 1. The summed E-state index contributed by atoms with van der Waals surface area (Å²) in [5, 5.41) is 15.1. The van der Waals surface area contributed by atoms with Gasteiger partial charge in [0.05, 0.1) is 11.5 Å². The van der Waals surface area contributed by atoms with Crippen LogP contribution in [-0.4, -0.2) is 13.6 Å². The molecule has 0 radical (unpaired) electrons. The van der Waals surface area contributed by atoms with Crippen LogP contribution in [0.5, 0.6) is 0 Å². The molecule has 2 nitrogen and oxygen atoms in total. The maximum atomic E-state index is 10.5. The van der Waals surface area contributed by atoms with Gasteiger partial charge in [-0.3, -0.25) is 0 Å². The molecule has 2 rings (SSSR count). The van der Waals surface area contributed by atoms with Gasteiger partial charge in [0.25, 0.3) is 0 Å². The van der Waals surface area contributed by atoms with Crippen molar-refractivity contribution in [3.8, 4) is 6.07 Å². The van der Waals surface area contributed by atoms with E-state index < -0.39 is 5.41 Å². The van der Waals surface area contributed by atoms with Gasteiger partial charge in [-0.2, -0.15) is 5.26 Å². The van der Waals surface area contributed by atoms with Crippen LogP contribution in [-0.2, 0) is 5.41 Å². The zero-order valence-corrected chi connectivity index (χ0v) is 18.0. The van der Waals surface area contributed by atoms with E-state index in [9.17, 15) is 5.26 Å². The standard InChI is InChI=1S/C23H28Cl2N2/c1-22(2,3)12-13-23(16-26,18-8-10-19(24)11-9-18)21(15-27-4)17-6-5-7-20(25)14-17/h5-11,14,21,27H,12-13,15H2,1-4H3/t21?,23-/m0/s1. The quantitative estimate of drug-likeness (QED) is 0.566. The Morgan fingerprint density at radius 2 is 1.67 bits per heavy atom. The highest BCUT2D eigenvalue weighted by Crippen LogP contribution is 2.45. The molecule has 0 aliphatic heterocycles. The Hall–Kier alpha value is -1.53. The summed E-state index contributed by atoms with van der Waals surface area (Å²) in [6, 6.07) is 18.3. The summed E-state index contributed by atoms with van der Waals surface area (Å²) in [4.78, 5) is 0. The first-order valence-corrected chi connectivity index (χ1v) is 10.0. The van der Waals surface area contributed by atoms with Crippen LogP contribution in [0.1, 0.15) is 50.7 Å². The first-order valence-electron chi connectivity index (χ1n) is 9.29. The minimum atomic E-state index is -0.675. The van der Waals surface area contributed by atoms with Crippen LogP contribution in [0.15, 0.2) is 48.5 Å². The zero-order chi connectivity index (χ0) is 20.1. The molecule has 0 aliphatic rings. The van der Waals surface area contributed by atoms with Gasteiger partial charge in [-0.15, -0.1) is 0 Å². The molecule has 0 amide bonds. The first-order chi connectivity index (χ1) is 12.7. The highest BCUT2D eigenvalue weighted by atomic mass is 35.5. The molecule has 0 aliphatic carbocycles. The lowest BCUT2D eigenvalue weighted by molar-refractivity contribution is 0.296. The summed E-state index contributed by atoms with van der Waals surface area (Å²) in [5.41, 5.74) is 1.53. The average molecular weight is 403 g/mol. The number of halogens is 2. The number of nitrogens with one attached hydrogen (secondary N) is 1. The van der Waals surface area contributed by atoms with Crippen LogP contribution >= 0.6 is 23.2 Å². The third-order valence-electron chi connectivity index (χ3n) is 5.08. The lowest BCUT2D eigenvalue weighted by Gasteiger charge is -2.38. The molecule has 2 aromatic rings. The van der Waals surface area contributed by atoms with Gasteiger partial charge in [-0.1, -0.05) is 68.2 Å². The number of hydrogen-bond donors (Lipinski definition) is 1. The number of benzene rings is 2. The molecule has 0 saturated heterocycles. The van der Waals surface area contributed by atoms with Crippen molar-refractivity contribution in [3.05, 3.63) is 69.7 Å². The number of hydrogen-bond acceptors (Lipinski definition) is 2. The molecule has 2 aromatic carbocycles. The predicted octanol–water partition coefficient (Wildman–Crippen LogP) is 6.58. The molecule has 0 heterocycles. The number of nitriles is 1. The van der Waals surface area contributed by atoms with Crippen LogP contribution in [0.3, 0.4) is 0 Å². The Balaban J connectivity index is 2.63. The van der Waals surface area contributed by atoms with Gasteiger partial charge < -0.3 is 5.32 Å². The highest BCUT2D eigenvalue weighted by molar-refractivity contribution is 6.30. The van der Waals surface area contributed by atoms with Crippen molar-refractivity contribution in [1.82, 2.24) is 5.32 Å². The van der Waals surface area contributed by atoms with Crippen molar-refractivity contribution in [1.29, 1.82) is 5.26 Å². The molecular formula is C23H28Cl2N2. The van der Waals surface area contributed by atoms with Gasteiger partial charge in [-0.05, 0) is 60.7 Å². The van der Waals surface area contributed by atoms with Gasteiger partial charge in [0, 0.05) is 22.5 Å². The Labute approximate surface area is 173 Å². The normalized spacial score (nSPS) is 15.0. The summed E-state index contributed by atoms with van der Waals surface area (Å²) in [6.07, 6.45) is 1.69. The Morgan fingerprint density at radius 1 is 1.00 bits per heavy atom.